The van der Waals surface area contributed by atoms with E-state index in [1.807, 2.05) is 37.4 Å². The molecule has 0 amide bonds. The maximum absolute atomic E-state index is 10.2. The van der Waals surface area contributed by atoms with E-state index in [-0.39, 0.29) is 0 Å². The van der Waals surface area contributed by atoms with Gasteiger partial charge < -0.3 is 19.8 Å². The van der Waals surface area contributed by atoms with Crippen LogP contribution in [-0.2, 0) is 7.05 Å². The van der Waals surface area contributed by atoms with Gasteiger partial charge in [-0.15, -0.1) is 0 Å². The molecule has 2 atom stereocenters. The predicted molar refractivity (Wildman–Crippen MR) is 94.6 cm³/mol. The summed E-state index contributed by atoms with van der Waals surface area (Å²) >= 11 is 0. The fraction of sp³-hybridized carbons (Fsp3) is 0.211. The summed E-state index contributed by atoms with van der Waals surface area (Å²) in [4.78, 5) is 7.70. The molecular weight excluding hydrogens is 302 g/mol. The number of hydrogen-bond acceptors (Lipinski definition) is 3. The summed E-state index contributed by atoms with van der Waals surface area (Å²) < 4.78 is 2.06. The molecule has 4 aromatic rings. The molecule has 3 aromatic heterocycles. The lowest BCUT2D eigenvalue weighted by Gasteiger charge is -2.14. The maximum Gasteiger partial charge on any atom is 0.137 e. The van der Waals surface area contributed by atoms with Gasteiger partial charge in [-0.3, -0.25) is 0 Å². The third kappa shape index (κ3) is 2.29. The molecule has 0 fully saturated rings. The Balaban J connectivity index is 1.92. The zero-order valence-corrected chi connectivity index (χ0v) is 13.6. The molecule has 3 heterocycles. The number of hydrogen-bond donors (Lipinski definition) is 3. The number of aliphatic hydroxyl groups excluding tert-OH is 2. The molecule has 0 saturated heterocycles. The summed E-state index contributed by atoms with van der Waals surface area (Å²) in [5.41, 5.74) is 4.66. The smallest absolute Gasteiger partial charge is 0.137 e. The van der Waals surface area contributed by atoms with E-state index in [2.05, 4.69) is 26.8 Å². The lowest BCUT2D eigenvalue weighted by atomic mass is 10.0. The standard InChI is InChI=1S/C19H19N3O2/c1-11(23)18(24)12-5-6-17-14(8-12)15(10-22(17)2)16-9-13-4-3-7-20-19(13)21-16/h3-11,18,23-24H,1-2H3,(H,20,21). The van der Waals surface area contributed by atoms with Crippen LogP contribution in [0.15, 0.2) is 48.8 Å². The number of benzene rings is 1. The average Bonchev–Trinajstić information content (AvgIpc) is 3.15. The Kier molecular flexibility index (Phi) is 3.40. The van der Waals surface area contributed by atoms with Crippen molar-refractivity contribution in [2.75, 3.05) is 0 Å². The highest BCUT2D eigenvalue weighted by molar-refractivity contribution is 5.98. The van der Waals surface area contributed by atoms with Crippen LogP contribution in [0.5, 0.6) is 0 Å². The van der Waals surface area contributed by atoms with Gasteiger partial charge in [0.15, 0.2) is 0 Å². The first-order valence-electron chi connectivity index (χ1n) is 7.94. The van der Waals surface area contributed by atoms with Gasteiger partial charge in [0.1, 0.15) is 11.8 Å². The van der Waals surface area contributed by atoms with E-state index in [1.54, 1.807) is 13.1 Å². The maximum atomic E-state index is 10.2. The van der Waals surface area contributed by atoms with Gasteiger partial charge in [0.2, 0.25) is 0 Å². The number of aliphatic hydroxyl groups is 2. The van der Waals surface area contributed by atoms with Crippen molar-refractivity contribution in [3.8, 4) is 11.3 Å². The Hall–Kier alpha value is -2.63. The molecule has 0 aliphatic carbocycles. The lowest BCUT2D eigenvalue weighted by Crippen LogP contribution is -2.13. The number of rotatable bonds is 3. The van der Waals surface area contributed by atoms with Crippen molar-refractivity contribution in [3.63, 3.8) is 0 Å². The number of aryl methyl sites for hydroxylation is 1. The van der Waals surface area contributed by atoms with E-state index >= 15 is 0 Å². The van der Waals surface area contributed by atoms with Crippen LogP contribution in [0.4, 0.5) is 0 Å². The van der Waals surface area contributed by atoms with Crippen LogP contribution >= 0.6 is 0 Å². The number of aromatic nitrogens is 3. The predicted octanol–water partition coefficient (Wildman–Crippen LogP) is 3.14. The molecule has 5 nitrogen and oxygen atoms in total. The second kappa shape index (κ2) is 5.47. The molecule has 0 spiro atoms. The van der Waals surface area contributed by atoms with Gasteiger partial charge in [-0.1, -0.05) is 6.07 Å². The minimum atomic E-state index is -0.896. The Bertz CT molecular complexity index is 997. The zero-order chi connectivity index (χ0) is 16.8. The van der Waals surface area contributed by atoms with Gasteiger partial charge >= 0.3 is 0 Å². The molecule has 24 heavy (non-hydrogen) atoms. The molecule has 0 saturated carbocycles. The van der Waals surface area contributed by atoms with E-state index in [1.165, 1.54) is 0 Å². The highest BCUT2D eigenvalue weighted by Crippen LogP contribution is 2.33. The van der Waals surface area contributed by atoms with Gasteiger partial charge in [0.25, 0.3) is 0 Å². The number of nitrogens with zero attached hydrogens (tertiary/aromatic N) is 2. The Morgan fingerprint density at radius 3 is 2.75 bits per heavy atom. The van der Waals surface area contributed by atoms with Gasteiger partial charge in [0, 0.05) is 47.0 Å². The summed E-state index contributed by atoms with van der Waals surface area (Å²) in [7, 11) is 2.00. The average molecular weight is 321 g/mol. The summed E-state index contributed by atoms with van der Waals surface area (Å²) in [5.74, 6) is 0. The summed E-state index contributed by atoms with van der Waals surface area (Å²) in [6.07, 6.45) is 2.12. The number of fused-ring (bicyclic) bond motifs is 2. The highest BCUT2D eigenvalue weighted by atomic mass is 16.3. The second-order valence-electron chi connectivity index (χ2n) is 6.24. The number of aromatic amines is 1. The van der Waals surface area contributed by atoms with Crippen molar-refractivity contribution in [1.82, 2.24) is 14.5 Å². The SMILES string of the molecule is CC(O)C(O)c1ccc2c(c1)c(-c1cc3cccnc3[nH]1)cn2C. The highest BCUT2D eigenvalue weighted by Gasteiger charge is 2.17. The topological polar surface area (TPSA) is 74.1 Å². The molecule has 4 rings (SSSR count). The lowest BCUT2D eigenvalue weighted by molar-refractivity contribution is 0.0306. The van der Waals surface area contributed by atoms with E-state index < -0.39 is 12.2 Å². The largest absolute Gasteiger partial charge is 0.390 e. The van der Waals surface area contributed by atoms with Crippen molar-refractivity contribution in [2.45, 2.75) is 19.1 Å². The summed E-state index contributed by atoms with van der Waals surface area (Å²) in [5, 5.41) is 21.9. The fourth-order valence-electron chi connectivity index (χ4n) is 3.19. The van der Waals surface area contributed by atoms with Crippen LogP contribution in [-0.4, -0.2) is 30.9 Å². The van der Waals surface area contributed by atoms with Crippen LogP contribution < -0.4 is 0 Å². The molecule has 122 valence electrons. The number of nitrogens with one attached hydrogen (secondary N) is 1. The monoisotopic (exact) mass is 321 g/mol. The third-order valence-electron chi connectivity index (χ3n) is 4.49. The molecule has 3 N–H and O–H groups in total. The Labute approximate surface area is 139 Å². The molecule has 0 bridgehead atoms. The van der Waals surface area contributed by atoms with E-state index in [0.717, 1.165) is 33.2 Å². The van der Waals surface area contributed by atoms with E-state index in [4.69, 9.17) is 0 Å². The molecule has 5 heteroatoms. The van der Waals surface area contributed by atoms with Crippen LogP contribution in [0.3, 0.4) is 0 Å². The first-order chi connectivity index (χ1) is 11.5. The van der Waals surface area contributed by atoms with Gasteiger partial charge in [0.05, 0.1) is 6.10 Å². The van der Waals surface area contributed by atoms with Crippen molar-refractivity contribution < 1.29 is 10.2 Å². The van der Waals surface area contributed by atoms with Crippen molar-refractivity contribution in [1.29, 1.82) is 0 Å². The molecule has 1 aromatic carbocycles. The van der Waals surface area contributed by atoms with Gasteiger partial charge in [-0.25, -0.2) is 4.98 Å². The summed E-state index contributed by atoms with van der Waals surface area (Å²) in [6.45, 7) is 1.59. The molecule has 0 radical (unpaired) electrons. The quantitative estimate of drug-likeness (QED) is 0.543. The van der Waals surface area contributed by atoms with Crippen LogP contribution in [0, 0.1) is 0 Å². The molecule has 0 aliphatic heterocycles. The van der Waals surface area contributed by atoms with Gasteiger partial charge in [-0.2, -0.15) is 0 Å². The van der Waals surface area contributed by atoms with E-state index in [0.29, 0.717) is 5.56 Å². The molecule has 2 unspecified atom stereocenters. The minimum Gasteiger partial charge on any atom is -0.390 e. The van der Waals surface area contributed by atoms with E-state index in [9.17, 15) is 10.2 Å². The fourth-order valence-corrected chi connectivity index (χ4v) is 3.19. The van der Waals surface area contributed by atoms with Crippen LogP contribution in [0.25, 0.3) is 33.2 Å². The second-order valence-corrected chi connectivity index (χ2v) is 6.24. The van der Waals surface area contributed by atoms with Crippen LogP contribution in [0.1, 0.15) is 18.6 Å². The Morgan fingerprint density at radius 1 is 1.17 bits per heavy atom. The molecular formula is C19H19N3O2. The first kappa shape index (κ1) is 14.9. The minimum absolute atomic E-state index is 0.708. The molecule has 0 aliphatic rings. The van der Waals surface area contributed by atoms with Gasteiger partial charge in [-0.05, 0) is 42.8 Å². The Morgan fingerprint density at radius 2 is 2.00 bits per heavy atom. The van der Waals surface area contributed by atoms with Crippen LogP contribution in [0.2, 0.25) is 0 Å². The normalized spacial score (nSPS) is 14.3. The first-order valence-corrected chi connectivity index (χ1v) is 7.94. The van der Waals surface area contributed by atoms with Crippen molar-refractivity contribution in [3.05, 3.63) is 54.4 Å². The van der Waals surface area contributed by atoms with Crippen molar-refractivity contribution in [2.24, 2.45) is 7.05 Å². The number of pyridine rings is 1. The summed E-state index contributed by atoms with van der Waals surface area (Å²) in [6, 6.07) is 11.8. The zero-order valence-electron chi connectivity index (χ0n) is 13.6. The number of H-pyrrole nitrogens is 1. The third-order valence-corrected chi connectivity index (χ3v) is 4.49. The van der Waals surface area contributed by atoms with Crippen molar-refractivity contribution >= 4 is 21.9 Å².